The summed E-state index contributed by atoms with van der Waals surface area (Å²) in [6.45, 7) is 0.881. The van der Waals surface area contributed by atoms with Gasteiger partial charge in [0.15, 0.2) is 23.9 Å². The Morgan fingerprint density at radius 1 is 1.18 bits per heavy atom. The number of likely N-dealkylation sites (tertiary alicyclic amines) is 1. The molecule has 4 N–H and O–H groups in total. The highest BCUT2D eigenvalue weighted by Gasteiger charge is 2.65. The van der Waals surface area contributed by atoms with E-state index in [1.54, 1.807) is 7.11 Å². The molecule has 10 nitrogen and oxygen atoms in total. The van der Waals surface area contributed by atoms with E-state index >= 15 is 0 Å². The Morgan fingerprint density at radius 2 is 1.97 bits per heavy atom. The zero-order valence-corrected chi connectivity index (χ0v) is 18.9. The van der Waals surface area contributed by atoms with Crippen LogP contribution in [0.15, 0.2) is 24.3 Å². The maximum Gasteiger partial charge on any atom is 0.335 e. The number of piperidine rings is 1. The molecular weight excluding hydrogens is 446 g/mol. The summed E-state index contributed by atoms with van der Waals surface area (Å²) < 4.78 is 23.7. The first kappa shape index (κ1) is 22.3. The molecule has 2 fully saturated rings. The number of aliphatic carboxylic acids is 1. The number of hydrogen-bond acceptors (Lipinski definition) is 9. The number of benzene rings is 1. The second kappa shape index (κ2) is 7.64. The van der Waals surface area contributed by atoms with Crippen LogP contribution in [0, 0.1) is 5.92 Å². The molecule has 10 atom stereocenters. The van der Waals surface area contributed by atoms with Gasteiger partial charge in [0.2, 0.25) is 0 Å². The maximum absolute atomic E-state index is 11.5. The summed E-state index contributed by atoms with van der Waals surface area (Å²) >= 11 is 0. The van der Waals surface area contributed by atoms with Gasteiger partial charge >= 0.3 is 5.97 Å². The number of nitrogens with zero attached hydrogens (tertiary/aromatic N) is 1. The van der Waals surface area contributed by atoms with Crippen LogP contribution in [0.5, 0.6) is 11.5 Å². The van der Waals surface area contributed by atoms with Crippen molar-refractivity contribution in [3.63, 3.8) is 0 Å². The molecule has 2 aliphatic carbocycles. The van der Waals surface area contributed by atoms with Crippen LogP contribution >= 0.6 is 0 Å². The molecule has 1 unspecified atom stereocenters. The smallest absolute Gasteiger partial charge is 0.335 e. The zero-order chi connectivity index (χ0) is 23.9. The molecule has 10 heteroatoms. The number of aliphatic hydroxyl groups is 3. The van der Waals surface area contributed by atoms with E-state index in [-0.39, 0.29) is 11.3 Å². The van der Waals surface area contributed by atoms with E-state index in [0.29, 0.717) is 17.5 Å². The first-order valence-corrected chi connectivity index (χ1v) is 11.6. The average Bonchev–Trinajstić information content (AvgIpc) is 3.17. The molecule has 2 saturated heterocycles. The number of ether oxygens (including phenoxy) is 4. The summed E-state index contributed by atoms with van der Waals surface area (Å²) in [4.78, 5) is 13.9. The first-order valence-electron chi connectivity index (χ1n) is 11.6. The lowest BCUT2D eigenvalue weighted by Gasteiger charge is -2.57. The number of carboxylic acid groups (broad SMARTS) is 1. The Balaban J connectivity index is 1.39. The fourth-order valence-electron chi connectivity index (χ4n) is 6.81. The van der Waals surface area contributed by atoms with Crippen molar-refractivity contribution in [1.82, 2.24) is 4.90 Å². The zero-order valence-electron chi connectivity index (χ0n) is 18.9. The van der Waals surface area contributed by atoms with E-state index in [1.807, 2.05) is 12.1 Å². The predicted molar refractivity (Wildman–Crippen MR) is 116 cm³/mol. The lowest BCUT2D eigenvalue weighted by Crippen LogP contribution is -2.66. The molecule has 0 saturated carbocycles. The Morgan fingerprint density at radius 3 is 2.71 bits per heavy atom. The third kappa shape index (κ3) is 2.81. The van der Waals surface area contributed by atoms with Gasteiger partial charge in [0.25, 0.3) is 0 Å². The van der Waals surface area contributed by atoms with E-state index in [9.17, 15) is 25.2 Å². The van der Waals surface area contributed by atoms with Gasteiger partial charge in [-0.2, -0.15) is 0 Å². The highest BCUT2D eigenvalue weighted by atomic mass is 16.7. The largest absolute Gasteiger partial charge is 0.493 e. The lowest BCUT2D eigenvalue weighted by atomic mass is 9.53. The van der Waals surface area contributed by atoms with Crippen LogP contribution in [0.1, 0.15) is 17.5 Å². The predicted octanol–water partition coefficient (Wildman–Crippen LogP) is -0.582. The van der Waals surface area contributed by atoms with Gasteiger partial charge in [0, 0.05) is 22.9 Å². The van der Waals surface area contributed by atoms with Gasteiger partial charge in [0.05, 0.1) is 7.11 Å². The Kier molecular flexibility index (Phi) is 5.01. The van der Waals surface area contributed by atoms with Crippen LogP contribution in [-0.2, 0) is 26.1 Å². The molecule has 1 aromatic rings. The molecule has 6 rings (SSSR count). The van der Waals surface area contributed by atoms with Crippen molar-refractivity contribution in [3.8, 4) is 11.5 Å². The van der Waals surface area contributed by atoms with Crippen molar-refractivity contribution >= 4 is 5.97 Å². The van der Waals surface area contributed by atoms with Crippen LogP contribution in [0.25, 0.3) is 0 Å². The van der Waals surface area contributed by atoms with Crippen molar-refractivity contribution in [3.05, 3.63) is 35.4 Å². The third-order valence-electron chi connectivity index (χ3n) is 8.44. The van der Waals surface area contributed by atoms with E-state index < -0.39 is 48.9 Å². The third-order valence-corrected chi connectivity index (χ3v) is 8.44. The molecule has 184 valence electrons. The summed E-state index contributed by atoms with van der Waals surface area (Å²) in [5.41, 5.74) is 2.00. The molecule has 34 heavy (non-hydrogen) atoms. The molecule has 3 aliphatic heterocycles. The number of likely N-dealkylation sites (N-methyl/N-ethyl adjacent to an activating group) is 1. The van der Waals surface area contributed by atoms with Crippen LogP contribution in [0.2, 0.25) is 0 Å². The molecule has 0 aromatic heterocycles. The van der Waals surface area contributed by atoms with Crippen molar-refractivity contribution in [1.29, 1.82) is 0 Å². The average molecular weight is 475 g/mol. The minimum absolute atomic E-state index is 0.188. The van der Waals surface area contributed by atoms with Crippen LogP contribution in [0.4, 0.5) is 0 Å². The van der Waals surface area contributed by atoms with Crippen molar-refractivity contribution in [2.75, 3.05) is 20.7 Å². The summed E-state index contributed by atoms with van der Waals surface area (Å²) in [6.07, 6.45) is -3.69. The fraction of sp³-hybridized carbons (Fsp3) is 0.625. The number of carbonyl (C=O) groups is 1. The molecular formula is C24H29NO9. The topological polar surface area (TPSA) is 138 Å². The van der Waals surface area contributed by atoms with Gasteiger partial charge in [-0.3, -0.25) is 0 Å². The summed E-state index contributed by atoms with van der Waals surface area (Å²) in [5.74, 6) is 0.0951. The molecule has 1 aromatic carbocycles. The van der Waals surface area contributed by atoms with E-state index in [2.05, 4.69) is 24.1 Å². The Hall–Kier alpha value is -2.21. The second-order valence-electron chi connectivity index (χ2n) is 9.96. The number of aliphatic hydroxyl groups excluding tert-OH is 3. The standard InChI is InChI=1S/C24H29NO9/c1-25-8-7-24-11-4-6-14(32-23-18(28)16(26)17(27)20(34-23)22(29)30)21(24)33-19-13(31-2)5-3-10(15(19)24)9-12(11)25/h3-6,11-12,14,16-18,20-21,23,26-28H,7-9H2,1-2H3,(H,29,30)/t11-,12+,14+,16-,17-,18+,20-,21-,23?,24-/m0/s1. The van der Waals surface area contributed by atoms with Gasteiger partial charge in [0.1, 0.15) is 30.5 Å². The monoisotopic (exact) mass is 475 g/mol. The van der Waals surface area contributed by atoms with Crippen LogP contribution in [-0.4, -0.2) is 101 Å². The summed E-state index contributed by atoms with van der Waals surface area (Å²) in [5, 5.41) is 40.1. The van der Waals surface area contributed by atoms with Crippen LogP contribution < -0.4 is 9.47 Å². The molecule has 1 spiro atoms. The highest BCUT2D eigenvalue weighted by molar-refractivity contribution is 5.73. The summed E-state index contributed by atoms with van der Waals surface area (Å²) in [7, 11) is 3.75. The van der Waals surface area contributed by atoms with Gasteiger partial charge in [-0.25, -0.2) is 4.79 Å². The molecule has 0 radical (unpaired) electrons. The number of hydrogen-bond donors (Lipinski definition) is 4. The first-order chi connectivity index (χ1) is 16.3. The van der Waals surface area contributed by atoms with Gasteiger partial charge < -0.3 is 44.3 Å². The lowest BCUT2D eigenvalue weighted by molar-refractivity contribution is -0.307. The number of carboxylic acids is 1. The molecule has 0 amide bonds. The van der Waals surface area contributed by atoms with Crippen molar-refractivity contribution in [2.24, 2.45) is 5.92 Å². The molecule has 2 bridgehead atoms. The van der Waals surface area contributed by atoms with Gasteiger partial charge in [-0.05, 0) is 38.1 Å². The van der Waals surface area contributed by atoms with E-state index in [1.165, 1.54) is 5.56 Å². The highest BCUT2D eigenvalue weighted by Crippen LogP contribution is 2.62. The van der Waals surface area contributed by atoms with Crippen LogP contribution in [0.3, 0.4) is 0 Å². The quantitative estimate of drug-likeness (QED) is 0.418. The Bertz CT molecular complexity index is 1050. The number of methoxy groups -OCH3 is 1. The Labute approximate surface area is 196 Å². The van der Waals surface area contributed by atoms with Gasteiger partial charge in [-0.1, -0.05) is 18.2 Å². The SMILES string of the molecule is COc1ccc2c3c1O[C@H]1[C@H](OC4O[C@H](C(=O)O)[C@@H](O)[C@H](O)[C@H]4O)C=C[C@H]4[C@@H](C2)N(C)CC[C@@]341. The minimum atomic E-state index is -1.77. The van der Waals surface area contributed by atoms with E-state index in [0.717, 1.165) is 24.9 Å². The van der Waals surface area contributed by atoms with Crippen molar-refractivity contribution < 1.29 is 44.2 Å². The number of rotatable bonds is 4. The van der Waals surface area contributed by atoms with Gasteiger partial charge in [-0.15, -0.1) is 0 Å². The fourth-order valence-corrected chi connectivity index (χ4v) is 6.81. The second-order valence-corrected chi connectivity index (χ2v) is 9.96. The normalized spacial score (nSPS) is 44.3. The van der Waals surface area contributed by atoms with E-state index in [4.69, 9.17) is 18.9 Å². The molecule has 3 heterocycles. The maximum atomic E-state index is 11.5. The minimum Gasteiger partial charge on any atom is -0.493 e. The summed E-state index contributed by atoms with van der Waals surface area (Å²) in [6, 6.07) is 4.32. The molecule has 5 aliphatic rings. The van der Waals surface area contributed by atoms with Crippen molar-refractivity contribution in [2.45, 2.75) is 67.2 Å².